The Balaban J connectivity index is 2.71. The van der Waals surface area contributed by atoms with Crippen molar-refractivity contribution in [3.8, 4) is 0 Å². The van der Waals surface area contributed by atoms with Crippen molar-refractivity contribution in [3.63, 3.8) is 0 Å². The average Bonchev–Trinajstić information content (AvgIpc) is 2.26. The van der Waals surface area contributed by atoms with E-state index in [0.29, 0.717) is 23.0 Å². The third kappa shape index (κ3) is 4.21. The maximum absolute atomic E-state index is 11.9. The lowest BCUT2D eigenvalue weighted by molar-refractivity contribution is 0.0939. The third-order valence-electron chi connectivity index (χ3n) is 2.52. The molecule has 0 fully saturated rings. The first-order valence-electron chi connectivity index (χ1n) is 5.46. The highest BCUT2D eigenvalue weighted by Gasteiger charge is 2.18. The predicted molar refractivity (Wildman–Crippen MR) is 73.0 cm³/mol. The van der Waals surface area contributed by atoms with Crippen molar-refractivity contribution in [2.45, 2.75) is 20.8 Å². The summed E-state index contributed by atoms with van der Waals surface area (Å²) in [5.74, 6) is 0.421. The molecule has 0 aromatic heterocycles. The molecule has 0 unspecified atom stereocenters. The number of benzene rings is 1. The lowest BCUT2D eigenvalue weighted by Gasteiger charge is -2.21. The SMILES string of the molecule is Cc1cc(Cl)ccc1C(=O)NCC(C)(C)CCl. The number of rotatable bonds is 4. The Hall–Kier alpha value is -0.730. The first-order valence-corrected chi connectivity index (χ1v) is 6.37. The minimum absolute atomic E-state index is 0.0858. The van der Waals surface area contributed by atoms with Crippen molar-refractivity contribution in [3.05, 3.63) is 34.3 Å². The molecule has 1 rings (SSSR count). The second-order valence-electron chi connectivity index (χ2n) is 4.94. The summed E-state index contributed by atoms with van der Waals surface area (Å²) in [6, 6.07) is 5.24. The predicted octanol–water partition coefficient (Wildman–Crippen LogP) is 3.64. The number of nitrogens with one attached hydrogen (secondary N) is 1. The maximum Gasteiger partial charge on any atom is 0.251 e. The van der Waals surface area contributed by atoms with Crippen LogP contribution in [0.4, 0.5) is 0 Å². The van der Waals surface area contributed by atoms with Gasteiger partial charge in [-0.15, -0.1) is 11.6 Å². The van der Waals surface area contributed by atoms with E-state index in [9.17, 15) is 4.79 Å². The zero-order valence-corrected chi connectivity index (χ0v) is 11.8. The smallest absolute Gasteiger partial charge is 0.251 e. The summed E-state index contributed by atoms with van der Waals surface area (Å²) >= 11 is 11.7. The molecule has 1 amide bonds. The number of carbonyl (C=O) groups excluding carboxylic acids is 1. The normalized spacial score (nSPS) is 11.4. The number of halogens is 2. The molecule has 17 heavy (non-hydrogen) atoms. The molecular formula is C13H17Cl2NO. The molecule has 0 aliphatic heterocycles. The number of carbonyl (C=O) groups is 1. The van der Waals surface area contributed by atoms with E-state index in [1.165, 1.54) is 0 Å². The topological polar surface area (TPSA) is 29.1 Å². The standard InChI is InChI=1S/C13H17Cl2NO/c1-9-6-10(15)4-5-11(9)12(17)16-8-13(2,3)7-14/h4-6H,7-8H2,1-3H3,(H,16,17). The van der Waals surface area contributed by atoms with E-state index in [0.717, 1.165) is 5.56 Å². The molecule has 0 aliphatic rings. The quantitative estimate of drug-likeness (QED) is 0.834. The van der Waals surface area contributed by atoms with Gasteiger partial charge in [0, 0.05) is 23.0 Å². The average molecular weight is 274 g/mol. The molecule has 0 saturated carbocycles. The number of amides is 1. The van der Waals surface area contributed by atoms with E-state index in [1.807, 2.05) is 20.8 Å². The summed E-state index contributed by atoms with van der Waals surface area (Å²) in [5, 5.41) is 3.52. The molecule has 0 bridgehead atoms. The van der Waals surface area contributed by atoms with Crippen LogP contribution in [0.25, 0.3) is 0 Å². The Labute approximate surface area is 112 Å². The third-order valence-corrected chi connectivity index (χ3v) is 3.48. The minimum atomic E-state index is -0.0997. The van der Waals surface area contributed by atoms with Crippen LogP contribution in [0.1, 0.15) is 29.8 Å². The molecule has 4 heteroatoms. The molecule has 0 saturated heterocycles. The molecule has 2 nitrogen and oxygen atoms in total. The molecule has 94 valence electrons. The van der Waals surface area contributed by atoms with Crippen molar-refractivity contribution in [1.82, 2.24) is 5.32 Å². The molecule has 0 atom stereocenters. The number of aryl methyl sites for hydroxylation is 1. The van der Waals surface area contributed by atoms with E-state index in [2.05, 4.69) is 5.32 Å². The highest BCUT2D eigenvalue weighted by Crippen LogP contribution is 2.17. The molecule has 1 N–H and O–H groups in total. The summed E-state index contributed by atoms with van der Waals surface area (Å²) in [4.78, 5) is 11.9. The second-order valence-corrected chi connectivity index (χ2v) is 5.64. The van der Waals surface area contributed by atoms with Crippen molar-refractivity contribution in [2.24, 2.45) is 5.41 Å². The monoisotopic (exact) mass is 273 g/mol. The van der Waals surface area contributed by atoms with Gasteiger partial charge in [-0.05, 0) is 36.1 Å². The molecule has 0 heterocycles. The van der Waals surface area contributed by atoms with E-state index >= 15 is 0 Å². The van der Waals surface area contributed by atoms with Gasteiger partial charge in [-0.1, -0.05) is 25.4 Å². The van der Waals surface area contributed by atoms with Gasteiger partial charge in [-0.2, -0.15) is 0 Å². The van der Waals surface area contributed by atoms with Gasteiger partial charge in [0.1, 0.15) is 0 Å². The van der Waals surface area contributed by atoms with Crippen molar-refractivity contribution in [2.75, 3.05) is 12.4 Å². The molecule has 1 aromatic carbocycles. The second kappa shape index (κ2) is 5.74. The van der Waals surface area contributed by atoms with Crippen LogP contribution in [0.5, 0.6) is 0 Å². The lowest BCUT2D eigenvalue weighted by atomic mass is 9.96. The zero-order chi connectivity index (χ0) is 13.1. The van der Waals surface area contributed by atoms with Crippen LogP contribution in [-0.2, 0) is 0 Å². The van der Waals surface area contributed by atoms with Gasteiger partial charge in [0.2, 0.25) is 0 Å². The Bertz CT molecular complexity index is 416. The molecule has 0 spiro atoms. The minimum Gasteiger partial charge on any atom is -0.351 e. The van der Waals surface area contributed by atoms with Gasteiger partial charge in [0.25, 0.3) is 5.91 Å². The maximum atomic E-state index is 11.9. The molecule has 0 radical (unpaired) electrons. The Morgan fingerprint density at radius 2 is 2.06 bits per heavy atom. The lowest BCUT2D eigenvalue weighted by Crippen LogP contribution is -2.35. The first-order chi connectivity index (χ1) is 7.85. The van der Waals surface area contributed by atoms with Gasteiger partial charge in [0.05, 0.1) is 0 Å². The first kappa shape index (κ1) is 14.3. The number of alkyl halides is 1. The molecule has 1 aromatic rings. The highest BCUT2D eigenvalue weighted by molar-refractivity contribution is 6.30. The van der Waals surface area contributed by atoms with E-state index in [1.54, 1.807) is 18.2 Å². The Morgan fingerprint density at radius 3 is 2.59 bits per heavy atom. The largest absolute Gasteiger partial charge is 0.351 e. The van der Waals surface area contributed by atoms with Crippen LogP contribution in [-0.4, -0.2) is 18.3 Å². The van der Waals surface area contributed by atoms with Crippen molar-refractivity contribution in [1.29, 1.82) is 0 Å². The summed E-state index contributed by atoms with van der Waals surface area (Å²) in [7, 11) is 0. The fraction of sp³-hybridized carbons (Fsp3) is 0.462. The van der Waals surface area contributed by atoms with Crippen LogP contribution in [0, 0.1) is 12.3 Å². The van der Waals surface area contributed by atoms with Gasteiger partial charge >= 0.3 is 0 Å². The zero-order valence-electron chi connectivity index (χ0n) is 10.3. The van der Waals surface area contributed by atoms with Gasteiger partial charge in [-0.25, -0.2) is 0 Å². The molecular weight excluding hydrogens is 257 g/mol. The van der Waals surface area contributed by atoms with Crippen LogP contribution in [0.3, 0.4) is 0 Å². The Morgan fingerprint density at radius 1 is 1.41 bits per heavy atom. The summed E-state index contributed by atoms with van der Waals surface area (Å²) in [6.07, 6.45) is 0. The Kier molecular flexibility index (Phi) is 4.84. The number of hydrogen-bond acceptors (Lipinski definition) is 1. The fourth-order valence-corrected chi connectivity index (χ4v) is 1.67. The van der Waals surface area contributed by atoms with Crippen LogP contribution < -0.4 is 5.32 Å². The van der Waals surface area contributed by atoms with Crippen molar-refractivity contribution < 1.29 is 4.79 Å². The van der Waals surface area contributed by atoms with E-state index < -0.39 is 0 Å². The summed E-state index contributed by atoms with van der Waals surface area (Å²) in [5.41, 5.74) is 1.43. The highest BCUT2D eigenvalue weighted by atomic mass is 35.5. The van der Waals surface area contributed by atoms with Crippen molar-refractivity contribution >= 4 is 29.1 Å². The van der Waals surface area contributed by atoms with Crippen LogP contribution >= 0.6 is 23.2 Å². The van der Waals surface area contributed by atoms with Gasteiger partial charge in [0.15, 0.2) is 0 Å². The summed E-state index contributed by atoms with van der Waals surface area (Å²) in [6.45, 7) is 6.44. The van der Waals surface area contributed by atoms with Crippen LogP contribution in [0.2, 0.25) is 5.02 Å². The molecule has 0 aliphatic carbocycles. The number of hydrogen-bond donors (Lipinski definition) is 1. The van der Waals surface area contributed by atoms with E-state index in [4.69, 9.17) is 23.2 Å². The van der Waals surface area contributed by atoms with Gasteiger partial charge < -0.3 is 5.32 Å². The van der Waals surface area contributed by atoms with Gasteiger partial charge in [-0.3, -0.25) is 4.79 Å². The fourth-order valence-electron chi connectivity index (χ4n) is 1.34. The summed E-state index contributed by atoms with van der Waals surface area (Å²) < 4.78 is 0. The van der Waals surface area contributed by atoms with E-state index in [-0.39, 0.29) is 11.3 Å². The van der Waals surface area contributed by atoms with Crippen LogP contribution in [0.15, 0.2) is 18.2 Å².